The molecule has 3 aromatic carbocycles. The SMILES string of the molecule is COc1ccc2c3c1-c1cc(C(C)(C)C)ccc1C3c1cc(F)c(Cl)cc1-2. The first-order valence-corrected chi connectivity index (χ1v) is 9.54. The van der Waals surface area contributed by atoms with E-state index >= 15 is 0 Å². The summed E-state index contributed by atoms with van der Waals surface area (Å²) < 4.78 is 20.0. The molecule has 3 heteroatoms. The van der Waals surface area contributed by atoms with Crippen LogP contribution in [0.25, 0.3) is 22.3 Å². The molecule has 136 valence electrons. The predicted molar refractivity (Wildman–Crippen MR) is 108 cm³/mol. The van der Waals surface area contributed by atoms with Crippen molar-refractivity contribution in [2.24, 2.45) is 0 Å². The van der Waals surface area contributed by atoms with E-state index in [2.05, 4.69) is 45.0 Å². The highest BCUT2D eigenvalue weighted by molar-refractivity contribution is 6.31. The number of fused-ring (bicyclic) bond motifs is 6. The molecule has 5 rings (SSSR count). The van der Waals surface area contributed by atoms with Gasteiger partial charge in [0.05, 0.1) is 12.1 Å². The van der Waals surface area contributed by atoms with E-state index in [1.54, 1.807) is 19.2 Å². The number of ether oxygens (including phenoxy) is 1. The van der Waals surface area contributed by atoms with Gasteiger partial charge in [0.2, 0.25) is 0 Å². The maximum atomic E-state index is 14.3. The Kier molecular flexibility index (Phi) is 3.34. The second-order valence-electron chi connectivity index (χ2n) is 8.44. The molecule has 1 unspecified atom stereocenters. The Balaban J connectivity index is 1.87. The fourth-order valence-corrected chi connectivity index (χ4v) is 4.75. The summed E-state index contributed by atoms with van der Waals surface area (Å²) in [5, 5.41) is 0.168. The third-order valence-corrected chi connectivity index (χ3v) is 6.20. The van der Waals surface area contributed by atoms with E-state index in [1.165, 1.54) is 22.3 Å². The average Bonchev–Trinajstić information content (AvgIpc) is 3.12. The van der Waals surface area contributed by atoms with Gasteiger partial charge >= 0.3 is 0 Å². The number of hydrogen-bond donors (Lipinski definition) is 0. The van der Waals surface area contributed by atoms with Crippen LogP contribution < -0.4 is 4.74 Å². The lowest BCUT2D eigenvalue weighted by Gasteiger charge is -2.21. The lowest BCUT2D eigenvalue weighted by atomic mass is 9.84. The Labute approximate surface area is 163 Å². The Morgan fingerprint density at radius 1 is 0.926 bits per heavy atom. The van der Waals surface area contributed by atoms with Crippen LogP contribution in [0.15, 0.2) is 42.5 Å². The zero-order valence-electron chi connectivity index (χ0n) is 15.8. The topological polar surface area (TPSA) is 9.23 Å². The summed E-state index contributed by atoms with van der Waals surface area (Å²) in [5.74, 6) is 0.537. The minimum absolute atomic E-state index is 0.0379. The summed E-state index contributed by atoms with van der Waals surface area (Å²) in [5.41, 5.74) is 9.23. The Morgan fingerprint density at radius 3 is 2.41 bits per heavy atom. The van der Waals surface area contributed by atoms with E-state index in [4.69, 9.17) is 16.3 Å². The molecule has 1 nitrogen and oxygen atoms in total. The molecule has 0 saturated carbocycles. The second kappa shape index (κ2) is 5.36. The summed E-state index contributed by atoms with van der Waals surface area (Å²) in [6.45, 7) is 6.65. The van der Waals surface area contributed by atoms with Crippen molar-refractivity contribution < 1.29 is 9.13 Å². The Morgan fingerprint density at radius 2 is 1.70 bits per heavy atom. The summed E-state index contributed by atoms with van der Waals surface area (Å²) in [7, 11) is 1.71. The van der Waals surface area contributed by atoms with Crippen LogP contribution in [0.3, 0.4) is 0 Å². The largest absolute Gasteiger partial charge is 0.496 e. The zero-order chi connectivity index (χ0) is 19.1. The van der Waals surface area contributed by atoms with Crippen molar-refractivity contribution >= 4 is 11.6 Å². The van der Waals surface area contributed by atoms with Crippen LogP contribution in [-0.4, -0.2) is 7.11 Å². The van der Waals surface area contributed by atoms with Gasteiger partial charge in [-0.3, -0.25) is 0 Å². The summed E-state index contributed by atoms with van der Waals surface area (Å²) in [6, 6.07) is 14.1. The van der Waals surface area contributed by atoms with Gasteiger partial charge in [0.15, 0.2) is 0 Å². The van der Waals surface area contributed by atoms with Gasteiger partial charge in [0.1, 0.15) is 11.6 Å². The second-order valence-corrected chi connectivity index (χ2v) is 8.85. The molecule has 0 aliphatic heterocycles. The lowest BCUT2D eigenvalue weighted by Crippen LogP contribution is -2.11. The van der Waals surface area contributed by atoms with Gasteiger partial charge in [-0.1, -0.05) is 56.6 Å². The molecule has 0 fully saturated rings. The molecule has 2 aliphatic rings. The Hall–Kier alpha value is -2.32. The number of hydrogen-bond acceptors (Lipinski definition) is 1. The van der Waals surface area contributed by atoms with Gasteiger partial charge in [-0.2, -0.15) is 0 Å². The third kappa shape index (κ3) is 2.17. The quantitative estimate of drug-likeness (QED) is 0.307. The van der Waals surface area contributed by atoms with Crippen molar-refractivity contribution in [3.05, 3.63) is 75.6 Å². The first-order chi connectivity index (χ1) is 12.8. The molecule has 0 aromatic heterocycles. The van der Waals surface area contributed by atoms with Crippen LogP contribution in [-0.2, 0) is 5.41 Å². The van der Waals surface area contributed by atoms with Crippen molar-refractivity contribution in [1.29, 1.82) is 0 Å². The average molecular weight is 379 g/mol. The molecule has 0 spiro atoms. The van der Waals surface area contributed by atoms with Crippen molar-refractivity contribution in [2.75, 3.05) is 7.11 Å². The molecular formula is C24H20ClFO. The summed E-state index contributed by atoms with van der Waals surface area (Å²) >= 11 is 6.09. The monoisotopic (exact) mass is 378 g/mol. The first-order valence-electron chi connectivity index (χ1n) is 9.16. The van der Waals surface area contributed by atoms with Crippen molar-refractivity contribution in [2.45, 2.75) is 32.1 Å². The van der Waals surface area contributed by atoms with Crippen molar-refractivity contribution in [3.8, 4) is 28.0 Å². The summed E-state index contributed by atoms with van der Waals surface area (Å²) in [4.78, 5) is 0. The van der Waals surface area contributed by atoms with Crippen LogP contribution >= 0.6 is 11.6 Å². The van der Waals surface area contributed by atoms with Gasteiger partial charge in [0, 0.05) is 11.5 Å². The fourth-order valence-electron chi connectivity index (χ4n) is 4.59. The molecule has 0 amide bonds. The van der Waals surface area contributed by atoms with E-state index < -0.39 is 0 Å². The van der Waals surface area contributed by atoms with Crippen molar-refractivity contribution in [3.63, 3.8) is 0 Å². The van der Waals surface area contributed by atoms with Crippen LogP contribution in [0.2, 0.25) is 5.02 Å². The standard InChI is InChI=1S/C24H20ClFO/c1-24(2,3)12-5-6-14-16(9-12)22-20(27-4)8-7-13-15-10-18(25)19(26)11-17(15)21(14)23(13)22/h5-11,21H,1-4H3. The summed E-state index contributed by atoms with van der Waals surface area (Å²) in [6.07, 6.45) is 0. The maximum absolute atomic E-state index is 14.3. The van der Waals surface area contributed by atoms with Crippen LogP contribution in [0.5, 0.6) is 5.75 Å². The van der Waals surface area contributed by atoms with Gasteiger partial charge in [-0.05, 0) is 62.6 Å². The van der Waals surface area contributed by atoms with E-state index in [-0.39, 0.29) is 22.2 Å². The highest BCUT2D eigenvalue weighted by atomic mass is 35.5. The van der Waals surface area contributed by atoms with E-state index in [1.807, 2.05) is 6.07 Å². The molecule has 0 N–H and O–H groups in total. The van der Waals surface area contributed by atoms with Gasteiger partial charge in [-0.15, -0.1) is 0 Å². The van der Waals surface area contributed by atoms with Crippen LogP contribution in [0, 0.1) is 5.82 Å². The predicted octanol–water partition coefficient (Wildman–Crippen LogP) is 6.93. The van der Waals surface area contributed by atoms with Gasteiger partial charge in [0.25, 0.3) is 0 Å². The minimum atomic E-state index is -0.364. The van der Waals surface area contributed by atoms with Gasteiger partial charge in [-0.25, -0.2) is 4.39 Å². The fraction of sp³-hybridized carbons (Fsp3) is 0.250. The zero-order valence-corrected chi connectivity index (χ0v) is 16.5. The molecule has 2 aliphatic carbocycles. The van der Waals surface area contributed by atoms with Crippen LogP contribution in [0.1, 0.15) is 48.9 Å². The number of halogens is 2. The van der Waals surface area contributed by atoms with Gasteiger partial charge < -0.3 is 4.74 Å². The third-order valence-electron chi connectivity index (χ3n) is 5.91. The first kappa shape index (κ1) is 16.8. The smallest absolute Gasteiger partial charge is 0.142 e. The van der Waals surface area contributed by atoms with E-state index in [0.717, 1.165) is 28.0 Å². The normalized spacial score (nSPS) is 16.1. The molecule has 1 atom stereocenters. The number of methoxy groups -OCH3 is 1. The molecule has 3 aromatic rings. The molecule has 0 saturated heterocycles. The number of benzene rings is 3. The van der Waals surface area contributed by atoms with Crippen molar-refractivity contribution in [1.82, 2.24) is 0 Å². The van der Waals surface area contributed by atoms with E-state index in [9.17, 15) is 4.39 Å². The lowest BCUT2D eigenvalue weighted by molar-refractivity contribution is 0.416. The highest BCUT2D eigenvalue weighted by Gasteiger charge is 2.41. The minimum Gasteiger partial charge on any atom is -0.496 e. The molecule has 0 heterocycles. The molecular weight excluding hydrogens is 359 g/mol. The van der Waals surface area contributed by atoms with Crippen LogP contribution in [0.4, 0.5) is 4.39 Å². The Bertz CT molecular complexity index is 1120. The van der Waals surface area contributed by atoms with E-state index in [0.29, 0.717) is 0 Å². The molecule has 27 heavy (non-hydrogen) atoms. The highest BCUT2D eigenvalue weighted by Crippen LogP contribution is 2.60. The molecule has 0 bridgehead atoms. The number of rotatable bonds is 1. The molecule has 0 radical (unpaired) electrons. The maximum Gasteiger partial charge on any atom is 0.142 e.